The summed E-state index contributed by atoms with van der Waals surface area (Å²) in [6, 6.07) is 19.4. The number of ether oxygens (including phenoxy) is 2. The number of aryl methyl sites for hydroxylation is 2. The van der Waals surface area contributed by atoms with Gasteiger partial charge in [-0.05, 0) is 67.8 Å². The molecule has 7 heteroatoms. The van der Waals surface area contributed by atoms with Gasteiger partial charge in [0.05, 0.1) is 12.3 Å². The van der Waals surface area contributed by atoms with Gasteiger partial charge in [0, 0.05) is 0 Å². The van der Waals surface area contributed by atoms with E-state index in [9.17, 15) is 14.4 Å². The maximum Gasteiger partial charge on any atom is 0.335 e. The molecule has 178 valence electrons. The van der Waals surface area contributed by atoms with E-state index in [0.29, 0.717) is 36.0 Å². The van der Waals surface area contributed by atoms with Gasteiger partial charge in [-0.2, -0.15) is 0 Å². The quantitative estimate of drug-likeness (QED) is 0.390. The Labute approximate surface area is 204 Å². The fourth-order valence-corrected chi connectivity index (χ4v) is 3.79. The summed E-state index contributed by atoms with van der Waals surface area (Å²) in [6.45, 7) is 6.52. The number of anilines is 1. The van der Waals surface area contributed by atoms with Crippen LogP contribution in [0, 0.1) is 13.8 Å². The van der Waals surface area contributed by atoms with Crippen LogP contribution in [0.1, 0.15) is 29.2 Å². The molecule has 4 rings (SSSR count). The van der Waals surface area contributed by atoms with Crippen molar-refractivity contribution in [2.75, 3.05) is 11.5 Å². The standard InChI is InChI=1S/C28H26N2O5/c1-4-34-25-16-20(11-12-24(25)35-17-21-9-5-7-18(2)13-21)15-23-26(31)29-28(33)30(27(23)32)22-10-6-8-19(3)14-22/h5-16H,4,17H2,1-3H3,(H,29,31,33)/b23-15+. The van der Waals surface area contributed by atoms with Crippen molar-refractivity contribution >= 4 is 29.6 Å². The van der Waals surface area contributed by atoms with Crippen molar-refractivity contribution in [1.29, 1.82) is 0 Å². The molecule has 1 aliphatic rings. The van der Waals surface area contributed by atoms with Gasteiger partial charge >= 0.3 is 6.03 Å². The van der Waals surface area contributed by atoms with Gasteiger partial charge in [0.15, 0.2) is 11.5 Å². The first kappa shape index (κ1) is 23.8. The zero-order chi connectivity index (χ0) is 24.9. The van der Waals surface area contributed by atoms with E-state index in [2.05, 4.69) is 5.32 Å². The highest BCUT2D eigenvalue weighted by Crippen LogP contribution is 2.31. The van der Waals surface area contributed by atoms with Gasteiger partial charge in [0.1, 0.15) is 12.2 Å². The van der Waals surface area contributed by atoms with Crippen molar-refractivity contribution in [3.05, 3.63) is 94.6 Å². The molecule has 1 N–H and O–H groups in total. The molecule has 0 spiro atoms. The Balaban J connectivity index is 1.61. The minimum atomic E-state index is -0.780. The zero-order valence-electron chi connectivity index (χ0n) is 19.8. The van der Waals surface area contributed by atoms with Crippen molar-refractivity contribution in [3.8, 4) is 11.5 Å². The van der Waals surface area contributed by atoms with Crippen molar-refractivity contribution < 1.29 is 23.9 Å². The predicted molar refractivity (Wildman–Crippen MR) is 133 cm³/mol. The number of imide groups is 2. The Hall–Kier alpha value is -4.39. The van der Waals surface area contributed by atoms with E-state index >= 15 is 0 Å². The SMILES string of the molecule is CCOc1cc(/C=C2\C(=O)NC(=O)N(c3cccc(C)c3)C2=O)ccc1OCc1cccc(C)c1. The van der Waals surface area contributed by atoms with E-state index in [0.717, 1.165) is 21.6 Å². The van der Waals surface area contributed by atoms with Gasteiger partial charge in [-0.3, -0.25) is 14.9 Å². The van der Waals surface area contributed by atoms with Crippen LogP contribution in [0.25, 0.3) is 6.08 Å². The lowest BCUT2D eigenvalue weighted by atomic mass is 10.1. The molecular formula is C28H26N2O5. The first-order chi connectivity index (χ1) is 16.9. The van der Waals surface area contributed by atoms with E-state index in [1.54, 1.807) is 36.4 Å². The topological polar surface area (TPSA) is 84.9 Å². The fraction of sp³-hybridized carbons (Fsp3) is 0.179. The van der Waals surface area contributed by atoms with Crippen molar-refractivity contribution in [1.82, 2.24) is 5.32 Å². The number of hydrogen-bond acceptors (Lipinski definition) is 5. The minimum absolute atomic E-state index is 0.151. The highest BCUT2D eigenvalue weighted by atomic mass is 16.5. The number of carbonyl (C=O) groups is 3. The molecule has 1 heterocycles. The Kier molecular flexibility index (Phi) is 6.96. The molecule has 0 saturated carbocycles. The van der Waals surface area contributed by atoms with Gasteiger partial charge in [-0.25, -0.2) is 9.69 Å². The Morgan fingerprint density at radius 1 is 0.857 bits per heavy atom. The van der Waals surface area contributed by atoms with E-state index in [-0.39, 0.29) is 5.57 Å². The number of carbonyl (C=O) groups excluding carboxylic acids is 3. The van der Waals surface area contributed by atoms with Crippen LogP contribution in [-0.2, 0) is 16.2 Å². The molecule has 0 aromatic heterocycles. The van der Waals surface area contributed by atoms with Gasteiger partial charge in [-0.1, -0.05) is 48.0 Å². The first-order valence-electron chi connectivity index (χ1n) is 11.3. The van der Waals surface area contributed by atoms with Crippen LogP contribution in [0.3, 0.4) is 0 Å². The van der Waals surface area contributed by atoms with Crippen LogP contribution in [0.5, 0.6) is 11.5 Å². The summed E-state index contributed by atoms with van der Waals surface area (Å²) < 4.78 is 11.7. The molecular weight excluding hydrogens is 444 g/mol. The Bertz CT molecular complexity index is 1330. The molecule has 7 nitrogen and oxygen atoms in total. The summed E-state index contributed by atoms with van der Waals surface area (Å²) in [6.07, 6.45) is 1.44. The van der Waals surface area contributed by atoms with Crippen LogP contribution >= 0.6 is 0 Å². The number of amides is 4. The van der Waals surface area contributed by atoms with Gasteiger partial charge in [0.2, 0.25) is 0 Å². The van der Waals surface area contributed by atoms with Gasteiger partial charge in [-0.15, -0.1) is 0 Å². The average molecular weight is 471 g/mol. The molecule has 0 atom stereocenters. The molecule has 0 bridgehead atoms. The maximum atomic E-state index is 13.1. The second-order valence-electron chi connectivity index (χ2n) is 8.21. The van der Waals surface area contributed by atoms with Crippen LogP contribution in [-0.4, -0.2) is 24.5 Å². The number of hydrogen-bond donors (Lipinski definition) is 1. The lowest BCUT2D eigenvalue weighted by Gasteiger charge is -2.26. The summed E-state index contributed by atoms with van der Waals surface area (Å²) >= 11 is 0. The Morgan fingerprint density at radius 3 is 2.31 bits per heavy atom. The first-order valence-corrected chi connectivity index (χ1v) is 11.3. The molecule has 3 aromatic carbocycles. The molecule has 0 radical (unpaired) electrons. The molecule has 35 heavy (non-hydrogen) atoms. The lowest BCUT2D eigenvalue weighted by molar-refractivity contribution is -0.122. The summed E-state index contributed by atoms with van der Waals surface area (Å²) in [5.74, 6) is -0.403. The average Bonchev–Trinajstić information content (AvgIpc) is 2.81. The number of nitrogens with one attached hydrogen (secondary N) is 1. The molecule has 4 amide bonds. The summed E-state index contributed by atoms with van der Waals surface area (Å²) in [5, 5.41) is 2.25. The fourth-order valence-electron chi connectivity index (χ4n) is 3.79. The van der Waals surface area contributed by atoms with Gasteiger partial charge in [0.25, 0.3) is 11.8 Å². The zero-order valence-corrected chi connectivity index (χ0v) is 19.8. The summed E-state index contributed by atoms with van der Waals surface area (Å²) in [7, 11) is 0. The molecule has 1 aliphatic heterocycles. The molecule has 1 fully saturated rings. The third-order valence-electron chi connectivity index (χ3n) is 5.42. The minimum Gasteiger partial charge on any atom is -0.490 e. The number of rotatable bonds is 7. The van der Waals surface area contributed by atoms with E-state index in [1.165, 1.54) is 6.08 Å². The molecule has 0 aliphatic carbocycles. The predicted octanol–water partition coefficient (Wildman–Crippen LogP) is 4.95. The molecule has 1 saturated heterocycles. The van der Waals surface area contributed by atoms with E-state index < -0.39 is 17.8 Å². The number of urea groups is 1. The van der Waals surface area contributed by atoms with Crippen LogP contribution < -0.4 is 19.7 Å². The highest BCUT2D eigenvalue weighted by molar-refractivity contribution is 6.39. The number of benzene rings is 3. The summed E-state index contributed by atoms with van der Waals surface area (Å²) in [4.78, 5) is 39.1. The monoisotopic (exact) mass is 470 g/mol. The van der Waals surface area contributed by atoms with Gasteiger partial charge < -0.3 is 9.47 Å². The third kappa shape index (κ3) is 5.41. The van der Waals surface area contributed by atoms with E-state index in [1.807, 2.05) is 51.1 Å². The number of nitrogens with zero attached hydrogens (tertiary/aromatic N) is 1. The van der Waals surface area contributed by atoms with E-state index in [4.69, 9.17) is 9.47 Å². The van der Waals surface area contributed by atoms with Crippen LogP contribution in [0.15, 0.2) is 72.3 Å². The third-order valence-corrected chi connectivity index (χ3v) is 5.42. The highest BCUT2D eigenvalue weighted by Gasteiger charge is 2.36. The Morgan fingerprint density at radius 2 is 1.60 bits per heavy atom. The van der Waals surface area contributed by atoms with Crippen molar-refractivity contribution in [2.45, 2.75) is 27.4 Å². The van der Waals surface area contributed by atoms with Crippen LogP contribution in [0.4, 0.5) is 10.5 Å². The van der Waals surface area contributed by atoms with Crippen molar-refractivity contribution in [3.63, 3.8) is 0 Å². The maximum absolute atomic E-state index is 13.1. The lowest BCUT2D eigenvalue weighted by Crippen LogP contribution is -2.54. The van der Waals surface area contributed by atoms with Crippen LogP contribution in [0.2, 0.25) is 0 Å². The largest absolute Gasteiger partial charge is 0.490 e. The molecule has 3 aromatic rings. The second-order valence-corrected chi connectivity index (χ2v) is 8.21. The summed E-state index contributed by atoms with van der Waals surface area (Å²) in [5.41, 5.74) is 3.86. The van der Waals surface area contributed by atoms with Crippen molar-refractivity contribution in [2.24, 2.45) is 0 Å². The molecule has 0 unspecified atom stereocenters. The normalized spacial score (nSPS) is 14.8. The second kappa shape index (κ2) is 10.3. The smallest absolute Gasteiger partial charge is 0.335 e. The number of barbiturate groups is 1.